The summed E-state index contributed by atoms with van der Waals surface area (Å²) < 4.78 is 75.8. The van der Waals surface area contributed by atoms with Gasteiger partial charge in [-0.15, -0.1) is 12.4 Å². The lowest BCUT2D eigenvalue weighted by molar-refractivity contribution is -0.138. The van der Waals surface area contributed by atoms with Crippen molar-refractivity contribution in [3.8, 4) is 0 Å². The number of nitrogens with one attached hydrogen (secondary N) is 1. The molecule has 0 unspecified atom stereocenters. The molecule has 9 heteroatoms. The number of carbonyl (C=O) groups is 1. The highest BCUT2D eigenvalue weighted by Gasteiger charge is 2.30. The highest BCUT2D eigenvalue weighted by Crippen LogP contribution is 2.30. The van der Waals surface area contributed by atoms with Crippen LogP contribution >= 0.6 is 12.4 Å². The van der Waals surface area contributed by atoms with Gasteiger partial charge in [-0.3, -0.25) is 4.79 Å². The molecular weight excluding hydrogens is 432 g/mol. The predicted molar refractivity (Wildman–Crippen MR) is 104 cm³/mol. The Bertz CT molecular complexity index is 879. The smallest absolute Gasteiger partial charge is 0.308 e. The molecule has 30 heavy (non-hydrogen) atoms. The maximum atomic E-state index is 12.7. The minimum absolute atomic E-state index is 0. The third-order valence-electron chi connectivity index (χ3n) is 4.37. The molecule has 160 valence electrons. The summed E-state index contributed by atoms with van der Waals surface area (Å²) in [6.07, 6.45) is -5.89. The fraction of sp³-hybridized carbons (Fsp3) is 0.190. The Morgan fingerprint density at radius 1 is 0.667 bits per heavy atom. The summed E-state index contributed by atoms with van der Waals surface area (Å²) in [5.74, 6) is -0.302. The van der Waals surface area contributed by atoms with E-state index in [0.717, 1.165) is 24.3 Å². The van der Waals surface area contributed by atoms with Crippen LogP contribution in [0.2, 0.25) is 0 Å². The van der Waals surface area contributed by atoms with Gasteiger partial charge in [0.1, 0.15) is 0 Å². The van der Waals surface area contributed by atoms with Crippen molar-refractivity contribution in [3.05, 3.63) is 81.9 Å². The summed E-state index contributed by atoms with van der Waals surface area (Å²) in [5.41, 5.74) is 0.0347. The molecule has 0 bridgehead atoms. The third kappa shape index (κ3) is 5.73. The van der Waals surface area contributed by atoms with Gasteiger partial charge in [0.05, 0.1) is 11.1 Å². The fourth-order valence-corrected chi connectivity index (χ4v) is 2.87. The van der Waals surface area contributed by atoms with E-state index in [1.165, 1.54) is 36.4 Å². The van der Waals surface area contributed by atoms with E-state index in [0.29, 0.717) is 22.3 Å². The van der Waals surface area contributed by atoms with Gasteiger partial charge in [0, 0.05) is 24.2 Å². The minimum atomic E-state index is -4.44. The Kier molecular flexibility index (Phi) is 7.15. The van der Waals surface area contributed by atoms with Crippen molar-refractivity contribution in [2.45, 2.75) is 12.4 Å². The number of rotatable bonds is 2. The molecule has 1 aliphatic heterocycles. The van der Waals surface area contributed by atoms with Crippen molar-refractivity contribution in [2.75, 3.05) is 13.1 Å². The summed E-state index contributed by atoms with van der Waals surface area (Å²) in [6, 6.07) is 8.85. The minimum Gasteiger partial charge on any atom is -0.308 e. The molecule has 1 saturated heterocycles. The van der Waals surface area contributed by atoms with Gasteiger partial charge in [-0.05, 0) is 47.5 Å². The Balaban J connectivity index is 0.00000320. The quantitative estimate of drug-likeness (QED) is 0.466. The molecule has 1 N–H and O–H groups in total. The van der Waals surface area contributed by atoms with Crippen LogP contribution in [0.5, 0.6) is 0 Å². The van der Waals surface area contributed by atoms with E-state index in [1.807, 2.05) is 0 Å². The molecule has 0 saturated carbocycles. The lowest BCUT2D eigenvalue weighted by Crippen LogP contribution is -2.32. The van der Waals surface area contributed by atoms with Crippen LogP contribution in [0.25, 0.3) is 12.2 Å². The summed E-state index contributed by atoms with van der Waals surface area (Å²) in [5, 5.41) is 3.01. The van der Waals surface area contributed by atoms with E-state index in [4.69, 9.17) is 0 Å². The zero-order chi connectivity index (χ0) is 21.2. The van der Waals surface area contributed by atoms with Crippen molar-refractivity contribution in [1.29, 1.82) is 0 Å². The summed E-state index contributed by atoms with van der Waals surface area (Å²) in [7, 11) is 0. The van der Waals surface area contributed by atoms with Gasteiger partial charge in [-0.25, -0.2) is 0 Å². The zero-order valence-electron chi connectivity index (χ0n) is 15.3. The zero-order valence-corrected chi connectivity index (χ0v) is 16.1. The highest BCUT2D eigenvalue weighted by atomic mass is 35.5. The van der Waals surface area contributed by atoms with Gasteiger partial charge in [0.15, 0.2) is 5.78 Å². The van der Waals surface area contributed by atoms with Crippen molar-refractivity contribution in [2.24, 2.45) is 0 Å². The van der Waals surface area contributed by atoms with E-state index in [2.05, 4.69) is 5.32 Å². The van der Waals surface area contributed by atoms with Gasteiger partial charge in [0.25, 0.3) is 0 Å². The van der Waals surface area contributed by atoms with Crippen molar-refractivity contribution < 1.29 is 31.1 Å². The van der Waals surface area contributed by atoms with Gasteiger partial charge in [-0.1, -0.05) is 24.3 Å². The summed E-state index contributed by atoms with van der Waals surface area (Å²) in [6.45, 7) is 0.481. The predicted octanol–water partition coefficient (Wildman–Crippen LogP) is 5.79. The maximum Gasteiger partial charge on any atom is 0.416 e. The molecule has 2 nitrogen and oxygen atoms in total. The standard InChI is InChI=1S/C21H15F6NO.ClH/c22-20(23,24)17-5-1-13(2-6-17)9-15-11-28-12-16(19(15)29)10-14-3-7-18(8-4-14)21(25,26)27;/h1-10,28H,11-12H2;1H/b15-9-,16-10+;. The molecule has 1 fully saturated rings. The molecule has 0 aromatic heterocycles. The van der Waals surface area contributed by atoms with E-state index in [9.17, 15) is 31.1 Å². The molecule has 0 aliphatic carbocycles. The van der Waals surface area contributed by atoms with Crippen LogP contribution < -0.4 is 5.32 Å². The second-order valence-corrected chi connectivity index (χ2v) is 6.51. The van der Waals surface area contributed by atoms with Crippen LogP contribution in [0.1, 0.15) is 22.3 Å². The van der Waals surface area contributed by atoms with Gasteiger partial charge in [-0.2, -0.15) is 26.3 Å². The van der Waals surface area contributed by atoms with Gasteiger partial charge >= 0.3 is 12.4 Å². The molecule has 1 heterocycles. The average molecular weight is 448 g/mol. The normalized spacial score (nSPS) is 17.9. The Morgan fingerprint density at radius 2 is 1.00 bits per heavy atom. The molecule has 3 rings (SSSR count). The third-order valence-corrected chi connectivity index (χ3v) is 4.37. The number of carbonyl (C=O) groups excluding carboxylic acids is 1. The molecule has 2 aromatic rings. The first-order chi connectivity index (χ1) is 13.5. The monoisotopic (exact) mass is 447 g/mol. The van der Waals surface area contributed by atoms with E-state index in [1.54, 1.807) is 0 Å². The molecule has 0 radical (unpaired) electrons. The van der Waals surface area contributed by atoms with Crippen LogP contribution in [0.3, 0.4) is 0 Å². The van der Waals surface area contributed by atoms with Crippen LogP contribution in [-0.2, 0) is 17.1 Å². The van der Waals surface area contributed by atoms with Crippen molar-refractivity contribution in [3.63, 3.8) is 0 Å². The van der Waals surface area contributed by atoms with E-state index in [-0.39, 0.29) is 31.3 Å². The first kappa shape index (κ1) is 23.7. The molecule has 0 atom stereocenters. The lowest BCUT2D eigenvalue weighted by Gasteiger charge is -2.18. The number of Topliss-reactive ketones (excluding diaryl/α,β-unsaturated/α-hetero) is 1. The Labute approximate surface area is 174 Å². The first-order valence-electron chi connectivity index (χ1n) is 8.55. The van der Waals surface area contributed by atoms with Gasteiger partial charge in [0.2, 0.25) is 0 Å². The molecule has 0 amide bonds. The van der Waals surface area contributed by atoms with Crippen LogP contribution in [0.4, 0.5) is 26.3 Å². The Morgan fingerprint density at radius 3 is 1.30 bits per heavy atom. The summed E-state index contributed by atoms with van der Waals surface area (Å²) >= 11 is 0. The maximum absolute atomic E-state index is 12.7. The second-order valence-electron chi connectivity index (χ2n) is 6.51. The lowest BCUT2D eigenvalue weighted by atomic mass is 9.95. The fourth-order valence-electron chi connectivity index (χ4n) is 2.87. The topological polar surface area (TPSA) is 29.1 Å². The van der Waals surface area contributed by atoms with E-state index >= 15 is 0 Å². The average Bonchev–Trinajstić information content (AvgIpc) is 2.64. The highest BCUT2D eigenvalue weighted by molar-refractivity contribution is 6.14. The van der Waals surface area contributed by atoms with Crippen LogP contribution in [0, 0.1) is 0 Å². The van der Waals surface area contributed by atoms with Crippen LogP contribution in [-0.4, -0.2) is 18.9 Å². The van der Waals surface area contributed by atoms with Crippen molar-refractivity contribution >= 4 is 30.3 Å². The molecule has 1 aliphatic rings. The number of piperidine rings is 1. The van der Waals surface area contributed by atoms with Gasteiger partial charge < -0.3 is 5.32 Å². The van der Waals surface area contributed by atoms with Crippen molar-refractivity contribution in [1.82, 2.24) is 5.32 Å². The molecular formula is C21H16ClF6NO. The number of hydrogen-bond donors (Lipinski definition) is 1. The molecule has 0 spiro atoms. The first-order valence-corrected chi connectivity index (χ1v) is 8.55. The Hall–Kier alpha value is -2.58. The SMILES string of the molecule is Cl.O=C1/C(=C\c2ccc(C(F)(F)F)cc2)CNC/C1=C\c1ccc(C(F)(F)F)cc1. The number of ketones is 1. The van der Waals surface area contributed by atoms with E-state index < -0.39 is 23.5 Å². The summed E-state index contributed by atoms with van der Waals surface area (Å²) in [4.78, 5) is 12.7. The van der Waals surface area contributed by atoms with Crippen LogP contribution in [0.15, 0.2) is 59.7 Å². The number of hydrogen-bond acceptors (Lipinski definition) is 2. The number of halogens is 7. The largest absolute Gasteiger partial charge is 0.416 e. The second kappa shape index (κ2) is 9.06. The molecule has 2 aromatic carbocycles. The number of benzene rings is 2. The number of alkyl halides is 6.